The van der Waals surface area contributed by atoms with Gasteiger partial charge >= 0.3 is 6.03 Å². The van der Waals surface area contributed by atoms with Crippen LogP contribution in [0.5, 0.6) is 0 Å². The number of rotatable bonds is 4. The molecular weight excluding hydrogens is 392 g/mol. The van der Waals surface area contributed by atoms with E-state index in [0.717, 1.165) is 69.2 Å². The maximum atomic E-state index is 12.7. The smallest absolute Gasteiger partial charge is 0.321 e. The standard InChI is InChI=1S/C24H32N4O3/c1-16-3-6-20(13-17(16)2)25-23(29)28-10-8-24(9-11-28)15-18(7-12-30-24)14-21-26-22(27-31-21)19-4-5-19/h3,6,13,18-19H,4-5,7-12,14-15H2,1-2H3,(H,25,29). The molecule has 0 radical (unpaired) electrons. The van der Waals surface area contributed by atoms with Crippen molar-refractivity contribution in [2.75, 3.05) is 25.0 Å². The molecule has 1 aliphatic carbocycles. The van der Waals surface area contributed by atoms with E-state index in [1.54, 1.807) is 0 Å². The Morgan fingerprint density at radius 2 is 2.00 bits per heavy atom. The van der Waals surface area contributed by atoms with Crippen molar-refractivity contribution in [1.82, 2.24) is 15.0 Å². The second-order valence-corrected chi connectivity index (χ2v) is 9.63. The van der Waals surface area contributed by atoms with Crippen molar-refractivity contribution in [1.29, 1.82) is 0 Å². The number of hydrogen-bond donors (Lipinski definition) is 1. The predicted octanol–water partition coefficient (Wildman–Crippen LogP) is 4.60. The summed E-state index contributed by atoms with van der Waals surface area (Å²) in [6, 6.07) is 6.01. The van der Waals surface area contributed by atoms with Gasteiger partial charge in [-0.2, -0.15) is 4.98 Å². The van der Waals surface area contributed by atoms with Gasteiger partial charge in [0.15, 0.2) is 5.82 Å². The van der Waals surface area contributed by atoms with Gasteiger partial charge in [0.1, 0.15) is 0 Å². The first kappa shape index (κ1) is 20.5. The van der Waals surface area contributed by atoms with E-state index in [-0.39, 0.29) is 11.6 Å². The topological polar surface area (TPSA) is 80.5 Å². The van der Waals surface area contributed by atoms with Gasteiger partial charge in [0.05, 0.1) is 5.60 Å². The number of benzene rings is 1. The third-order valence-corrected chi connectivity index (χ3v) is 7.20. The molecule has 7 nitrogen and oxygen atoms in total. The number of piperidine rings is 1. The molecule has 1 N–H and O–H groups in total. The molecule has 2 amide bonds. The van der Waals surface area contributed by atoms with Crippen LogP contribution in [0, 0.1) is 19.8 Å². The Morgan fingerprint density at radius 1 is 1.19 bits per heavy atom. The fourth-order valence-electron chi connectivity index (χ4n) is 4.90. The summed E-state index contributed by atoms with van der Waals surface area (Å²) >= 11 is 0. The van der Waals surface area contributed by atoms with Crippen LogP contribution in [-0.2, 0) is 11.2 Å². The zero-order valence-corrected chi connectivity index (χ0v) is 18.5. The maximum absolute atomic E-state index is 12.7. The summed E-state index contributed by atoms with van der Waals surface area (Å²) in [7, 11) is 0. The number of carbonyl (C=O) groups excluding carboxylic acids is 1. The minimum Gasteiger partial charge on any atom is -0.375 e. The first-order valence-corrected chi connectivity index (χ1v) is 11.6. The fraction of sp³-hybridized carbons (Fsp3) is 0.625. The number of urea groups is 1. The van der Waals surface area contributed by atoms with Gasteiger partial charge in [-0.15, -0.1) is 0 Å². The molecule has 2 saturated heterocycles. The zero-order valence-electron chi connectivity index (χ0n) is 18.5. The largest absolute Gasteiger partial charge is 0.375 e. The monoisotopic (exact) mass is 424 g/mol. The Bertz CT molecular complexity index is 944. The van der Waals surface area contributed by atoms with E-state index in [2.05, 4.69) is 29.3 Å². The molecule has 1 unspecified atom stereocenters. The van der Waals surface area contributed by atoms with Gasteiger partial charge in [-0.3, -0.25) is 0 Å². The molecular formula is C24H32N4O3. The summed E-state index contributed by atoms with van der Waals surface area (Å²) in [5.74, 6) is 2.68. The molecule has 7 heteroatoms. The van der Waals surface area contributed by atoms with Crippen molar-refractivity contribution in [3.05, 3.63) is 41.0 Å². The van der Waals surface area contributed by atoms with E-state index >= 15 is 0 Å². The van der Waals surface area contributed by atoms with Gasteiger partial charge in [0, 0.05) is 37.7 Å². The maximum Gasteiger partial charge on any atom is 0.321 e. The molecule has 5 rings (SSSR count). The van der Waals surface area contributed by atoms with E-state index in [9.17, 15) is 4.79 Å². The number of hydrogen-bond acceptors (Lipinski definition) is 5. The van der Waals surface area contributed by atoms with E-state index in [1.807, 2.05) is 23.1 Å². The van der Waals surface area contributed by atoms with Crippen molar-refractivity contribution in [3.63, 3.8) is 0 Å². The van der Waals surface area contributed by atoms with Crippen LogP contribution in [0.15, 0.2) is 22.7 Å². The molecule has 1 aromatic carbocycles. The molecule has 1 aromatic heterocycles. The van der Waals surface area contributed by atoms with Crippen LogP contribution in [-0.4, -0.2) is 46.4 Å². The van der Waals surface area contributed by atoms with Crippen LogP contribution >= 0.6 is 0 Å². The molecule has 166 valence electrons. The quantitative estimate of drug-likeness (QED) is 0.776. The number of aryl methyl sites for hydroxylation is 2. The van der Waals surface area contributed by atoms with Gasteiger partial charge in [0.25, 0.3) is 0 Å². The highest BCUT2D eigenvalue weighted by Gasteiger charge is 2.41. The molecule has 2 aromatic rings. The van der Waals surface area contributed by atoms with E-state index in [0.29, 0.717) is 11.8 Å². The van der Waals surface area contributed by atoms with E-state index < -0.39 is 0 Å². The number of carbonyl (C=O) groups is 1. The summed E-state index contributed by atoms with van der Waals surface area (Å²) < 4.78 is 11.8. The molecule has 1 saturated carbocycles. The lowest BCUT2D eigenvalue weighted by Crippen LogP contribution is -2.51. The Morgan fingerprint density at radius 3 is 2.74 bits per heavy atom. The van der Waals surface area contributed by atoms with Crippen LogP contribution < -0.4 is 5.32 Å². The highest BCUT2D eigenvalue weighted by Crippen LogP contribution is 2.40. The molecule has 3 heterocycles. The Kier molecular flexibility index (Phi) is 5.46. The van der Waals surface area contributed by atoms with Gasteiger partial charge in [-0.1, -0.05) is 11.2 Å². The lowest BCUT2D eigenvalue weighted by molar-refractivity contribution is -0.123. The second kappa shape index (κ2) is 8.26. The summed E-state index contributed by atoms with van der Waals surface area (Å²) in [4.78, 5) is 19.3. The summed E-state index contributed by atoms with van der Waals surface area (Å²) in [5.41, 5.74) is 3.14. The number of likely N-dealkylation sites (tertiary alicyclic amines) is 1. The number of nitrogens with one attached hydrogen (secondary N) is 1. The third kappa shape index (κ3) is 4.61. The average molecular weight is 425 g/mol. The molecule has 31 heavy (non-hydrogen) atoms. The Balaban J connectivity index is 1.14. The first-order chi connectivity index (χ1) is 15.0. The third-order valence-electron chi connectivity index (χ3n) is 7.20. The SMILES string of the molecule is Cc1ccc(NC(=O)N2CCC3(CC2)CC(Cc2nc(C4CC4)no2)CCO3)cc1C. The van der Waals surface area contributed by atoms with Crippen molar-refractivity contribution < 1.29 is 14.1 Å². The highest BCUT2D eigenvalue weighted by atomic mass is 16.5. The number of aromatic nitrogens is 2. The molecule has 1 spiro atoms. The number of nitrogens with zero attached hydrogens (tertiary/aromatic N) is 3. The minimum atomic E-state index is -0.126. The molecule has 1 atom stereocenters. The molecule has 0 bridgehead atoms. The summed E-state index contributed by atoms with van der Waals surface area (Å²) in [5, 5.41) is 7.20. The number of amides is 2. The Labute approximate surface area is 183 Å². The van der Waals surface area contributed by atoms with Crippen molar-refractivity contribution in [2.45, 2.75) is 70.3 Å². The van der Waals surface area contributed by atoms with Crippen molar-refractivity contribution in [3.8, 4) is 0 Å². The van der Waals surface area contributed by atoms with E-state index in [1.165, 1.54) is 24.0 Å². The lowest BCUT2D eigenvalue weighted by Gasteiger charge is -2.46. The highest BCUT2D eigenvalue weighted by molar-refractivity contribution is 5.89. The minimum absolute atomic E-state index is 0.0241. The van der Waals surface area contributed by atoms with Crippen LogP contribution in [0.4, 0.5) is 10.5 Å². The zero-order chi connectivity index (χ0) is 21.4. The molecule has 3 aliphatic rings. The van der Waals surface area contributed by atoms with Crippen molar-refractivity contribution in [2.24, 2.45) is 5.92 Å². The number of ether oxygens (including phenoxy) is 1. The van der Waals surface area contributed by atoms with Gasteiger partial charge in [-0.05, 0) is 81.5 Å². The summed E-state index contributed by atoms with van der Waals surface area (Å²) in [6.45, 7) is 6.34. The van der Waals surface area contributed by atoms with Crippen LogP contribution in [0.1, 0.15) is 67.3 Å². The normalized spacial score (nSPS) is 23.2. The molecule has 3 fully saturated rings. The van der Waals surface area contributed by atoms with Crippen molar-refractivity contribution >= 4 is 11.7 Å². The van der Waals surface area contributed by atoms with Crippen LogP contribution in [0.25, 0.3) is 0 Å². The lowest BCUT2D eigenvalue weighted by atomic mass is 9.78. The van der Waals surface area contributed by atoms with Crippen LogP contribution in [0.3, 0.4) is 0 Å². The molecule has 2 aliphatic heterocycles. The van der Waals surface area contributed by atoms with Gasteiger partial charge < -0.3 is 19.5 Å². The predicted molar refractivity (Wildman–Crippen MR) is 117 cm³/mol. The Hall–Kier alpha value is -2.41. The van der Waals surface area contributed by atoms with Crippen LogP contribution in [0.2, 0.25) is 0 Å². The van der Waals surface area contributed by atoms with Gasteiger partial charge in [0.2, 0.25) is 5.89 Å². The number of anilines is 1. The summed E-state index contributed by atoms with van der Waals surface area (Å²) in [6.07, 6.45) is 6.99. The second-order valence-electron chi connectivity index (χ2n) is 9.63. The van der Waals surface area contributed by atoms with E-state index in [4.69, 9.17) is 9.26 Å². The average Bonchev–Trinajstić information content (AvgIpc) is 3.51. The first-order valence-electron chi connectivity index (χ1n) is 11.6. The fourth-order valence-corrected chi connectivity index (χ4v) is 4.90. The van der Waals surface area contributed by atoms with Gasteiger partial charge in [-0.25, -0.2) is 4.79 Å².